The molecule has 1 aliphatic heterocycles. The molecular formula is C26H22N4O3S. The van der Waals surface area contributed by atoms with Crippen LogP contribution in [0.15, 0.2) is 91.3 Å². The van der Waals surface area contributed by atoms with Crippen molar-refractivity contribution in [1.82, 2.24) is 14.9 Å². The van der Waals surface area contributed by atoms with Crippen LogP contribution in [-0.4, -0.2) is 32.8 Å². The molecule has 1 fully saturated rings. The van der Waals surface area contributed by atoms with E-state index in [0.717, 1.165) is 17.1 Å². The van der Waals surface area contributed by atoms with Crippen molar-refractivity contribution in [2.45, 2.75) is 12.1 Å². The van der Waals surface area contributed by atoms with Crippen LogP contribution in [0.1, 0.15) is 33.8 Å². The SMILES string of the molecule is COC(=O)c1ccccc1-n1cccc1[C@H]1[C@H](c2ccccn2)NC(=S)N1c1ccc(O)cc1. The average Bonchev–Trinajstić information content (AvgIpc) is 3.49. The normalized spacial score (nSPS) is 17.4. The summed E-state index contributed by atoms with van der Waals surface area (Å²) in [6.07, 6.45) is 3.68. The summed E-state index contributed by atoms with van der Waals surface area (Å²) >= 11 is 5.77. The molecule has 170 valence electrons. The van der Waals surface area contributed by atoms with Gasteiger partial charge in [-0.2, -0.15) is 0 Å². The van der Waals surface area contributed by atoms with Crippen molar-refractivity contribution >= 4 is 29.0 Å². The first-order valence-electron chi connectivity index (χ1n) is 10.7. The summed E-state index contributed by atoms with van der Waals surface area (Å²) in [6.45, 7) is 0. The second-order valence-electron chi connectivity index (χ2n) is 7.82. The second kappa shape index (κ2) is 8.99. The fraction of sp³-hybridized carbons (Fsp3) is 0.115. The smallest absolute Gasteiger partial charge is 0.339 e. The number of carbonyl (C=O) groups excluding carboxylic acids is 1. The Morgan fingerprint density at radius 1 is 1.03 bits per heavy atom. The third kappa shape index (κ3) is 3.78. The van der Waals surface area contributed by atoms with E-state index in [2.05, 4.69) is 10.3 Å². The molecular weight excluding hydrogens is 448 g/mol. The number of phenolic OH excluding ortho intramolecular Hbond substituents is 1. The highest BCUT2D eigenvalue weighted by Crippen LogP contribution is 2.42. The summed E-state index contributed by atoms with van der Waals surface area (Å²) in [5, 5.41) is 13.8. The second-order valence-corrected chi connectivity index (χ2v) is 8.21. The number of hydrogen-bond donors (Lipinski definition) is 2. The van der Waals surface area contributed by atoms with Gasteiger partial charge in [-0.1, -0.05) is 18.2 Å². The molecule has 0 spiro atoms. The summed E-state index contributed by atoms with van der Waals surface area (Å²) in [4.78, 5) is 19.1. The van der Waals surface area contributed by atoms with Gasteiger partial charge in [0.25, 0.3) is 0 Å². The molecule has 7 nitrogen and oxygen atoms in total. The van der Waals surface area contributed by atoms with Crippen molar-refractivity contribution in [3.05, 3.63) is 108 Å². The maximum absolute atomic E-state index is 12.5. The Bertz CT molecular complexity index is 1340. The summed E-state index contributed by atoms with van der Waals surface area (Å²) < 4.78 is 7.00. The number of nitrogens with zero attached hydrogens (tertiary/aromatic N) is 3. The molecule has 1 saturated heterocycles. The van der Waals surface area contributed by atoms with E-state index in [1.807, 2.05) is 76.3 Å². The fourth-order valence-electron chi connectivity index (χ4n) is 4.37. The number of aromatic nitrogens is 2. The van der Waals surface area contributed by atoms with Gasteiger partial charge >= 0.3 is 5.97 Å². The largest absolute Gasteiger partial charge is 0.508 e. The quantitative estimate of drug-likeness (QED) is 0.327. The highest BCUT2D eigenvalue weighted by atomic mass is 32.1. The van der Waals surface area contributed by atoms with E-state index in [0.29, 0.717) is 16.4 Å². The van der Waals surface area contributed by atoms with Crippen LogP contribution in [-0.2, 0) is 4.74 Å². The molecule has 2 N–H and O–H groups in total. The molecule has 8 heteroatoms. The van der Waals surface area contributed by atoms with Gasteiger partial charge in [-0.15, -0.1) is 0 Å². The van der Waals surface area contributed by atoms with Crippen LogP contribution in [0.2, 0.25) is 0 Å². The van der Waals surface area contributed by atoms with E-state index < -0.39 is 5.97 Å². The van der Waals surface area contributed by atoms with Gasteiger partial charge in [0, 0.05) is 23.8 Å². The van der Waals surface area contributed by atoms with E-state index in [9.17, 15) is 9.90 Å². The first kappa shape index (κ1) is 21.7. The molecule has 1 aliphatic rings. The Kier molecular flexibility index (Phi) is 5.73. The molecule has 0 saturated carbocycles. The Labute approximate surface area is 202 Å². The molecule has 0 aliphatic carbocycles. The molecule has 2 atom stereocenters. The summed E-state index contributed by atoms with van der Waals surface area (Å²) in [6, 6.07) is 23.4. The zero-order chi connectivity index (χ0) is 23.7. The van der Waals surface area contributed by atoms with Gasteiger partial charge < -0.3 is 24.6 Å². The number of methoxy groups -OCH3 is 1. The number of anilines is 1. The lowest BCUT2D eigenvalue weighted by molar-refractivity contribution is 0.0600. The summed E-state index contributed by atoms with van der Waals surface area (Å²) in [5.74, 6) is -0.234. The van der Waals surface area contributed by atoms with Crippen molar-refractivity contribution < 1.29 is 14.6 Å². The van der Waals surface area contributed by atoms with Gasteiger partial charge in [-0.25, -0.2) is 4.79 Å². The molecule has 0 amide bonds. The predicted octanol–water partition coefficient (Wildman–Crippen LogP) is 4.54. The van der Waals surface area contributed by atoms with E-state index in [1.165, 1.54) is 7.11 Å². The number of carbonyl (C=O) groups is 1. The van der Waals surface area contributed by atoms with Crippen LogP contribution < -0.4 is 10.2 Å². The molecule has 5 rings (SSSR count). The van der Waals surface area contributed by atoms with Crippen molar-refractivity contribution in [3.8, 4) is 11.4 Å². The number of phenols is 1. The molecule has 2 aromatic heterocycles. The van der Waals surface area contributed by atoms with Crippen LogP contribution in [0, 0.1) is 0 Å². The number of nitrogens with one attached hydrogen (secondary N) is 1. The zero-order valence-electron chi connectivity index (χ0n) is 18.3. The first-order chi connectivity index (χ1) is 16.6. The van der Waals surface area contributed by atoms with E-state index in [1.54, 1.807) is 24.4 Å². The van der Waals surface area contributed by atoms with Gasteiger partial charge in [-0.3, -0.25) is 4.98 Å². The van der Waals surface area contributed by atoms with Gasteiger partial charge in [0.05, 0.1) is 30.1 Å². The molecule has 0 bridgehead atoms. The number of benzene rings is 2. The maximum Gasteiger partial charge on any atom is 0.339 e. The Hall–Kier alpha value is -4.17. The van der Waals surface area contributed by atoms with Gasteiger partial charge in [0.2, 0.25) is 0 Å². The number of thiocarbonyl (C=S) groups is 1. The minimum Gasteiger partial charge on any atom is -0.508 e. The lowest BCUT2D eigenvalue weighted by atomic mass is 10.0. The van der Waals surface area contributed by atoms with Crippen molar-refractivity contribution in [2.75, 3.05) is 12.0 Å². The van der Waals surface area contributed by atoms with Crippen LogP contribution in [0.4, 0.5) is 5.69 Å². The lowest BCUT2D eigenvalue weighted by Gasteiger charge is -2.29. The molecule has 34 heavy (non-hydrogen) atoms. The van der Waals surface area contributed by atoms with Crippen molar-refractivity contribution in [2.24, 2.45) is 0 Å². The standard InChI is InChI=1S/C26H22N4O3S/c1-33-25(32)19-7-2-3-9-21(19)29-16-6-10-22(29)24-23(20-8-4-5-15-27-20)28-26(34)30(24)17-11-13-18(31)14-12-17/h2-16,23-24,31H,1H3,(H,28,34)/t23-,24-/m0/s1. The highest BCUT2D eigenvalue weighted by Gasteiger charge is 2.42. The van der Waals surface area contributed by atoms with Crippen LogP contribution in [0.3, 0.4) is 0 Å². The Balaban J connectivity index is 1.69. The van der Waals surface area contributed by atoms with E-state index in [4.69, 9.17) is 17.0 Å². The number of esters is 1. The van der Waals surface area contributed by atoms with Crippen LogP contribution in [0.25, 0.3) is 5.69 Å². The number of pyridine rings is 1. The molecule has 2 aromatic carbocycles. The van der Waals surface area contributed by atoms with Crippen LogP contribution >= 0.6 is 12.2 Å². The maximum atomic E-state index is 12.5. The van der Waals surface area contributed by atoms with Crippen molar-refractivity contribution in [1.29, 1.82) is 0 Å². The topological polar surface area (TPSA) is 79.6 Å². The van der Waals surface area contributed by atoms with Crippen LogP contribution in [0.5, 0.6) is 5.75 Å². The highest BCUT2D eigenvalue weighted by molar-refractivity contribution is 7.80. The fourth-order valence-corrected chi connectivity index (χ4v) is 4.71. The zero-order valence-corrected chi connectivity index (χ0v) is 19.1. The molecule has 0 radical (unpaired) electrons. The van der Waals surface area contributed by atoms with Gasteiger partial charge in [-0.05, 0) is 72.9 Å². The summed E-state index contributed by atoms with van der Waals surface area (Å²) in [7, 11) is 1.37. The minimum absolute atomic E-state index is 0.176. The number of para-hydroxylation sites is 1. The number of hydrogen-bond acceptors (Lipinski definition) is 5. The first-order valence-corrected chi connectivity index (χ1v) is 11.1. The Morgan fingerprint density at radius 3 is 2.53 bits per heavy atom. The molecule has 4 aromatic rings. The molecule has 0 unspecified atom stereocenters. The Morgan fingerprint density at radius 2 is 1.79 bits per heavy atom. The predicted molar refractivity (Wildman–Crippen MR) is 133 cm³/mol. The van der Waals surface area contributed by atoms with Gasteiger partial charge in [0.15, 0.2) is 5.11 Å². The lowest BCUT2D eigenvalue weighted by Crippen LogP contribution is -2.30. The number of aromatic hydroxyl groups is 1. The molecule has 3 heterocycles. The summed E-state index contributed by atoms with van der Waals surface area (Å²) in [5.41, 5.74) is 3.74. The van der Waals surface area contributed by atoms with E-state index in [-0.39, 0.29) is 17.8 Å². The monoisotopic (exact) mass is 470 g/mol. The van der Waals surface area contributed by atoms with Gasteiger partial charge in [0.1, 0.15) is 11.8 Å². The van der Waals surface area contributed by atoms with E-state index >= 15 is 0 Å². The number of rotatable bonds is 5. The average molecular weight is 471 g/mol. The third-order valence-corrected chi connectivity index (χ3v) is 6.19. The minimum atomic E-state index is -0.410. The third-order valence-electron chi connectivity index (χ3n) is 5.88. The number of ether oxygens (including phenoxy) is 1. The van der Waals surface area contributed by atoms with Crippen molar-refractivity contribution in [3.63, 3.8) is 0 Å².